The SMILES string of the molecule is CC(C)(O)CCSC(SCCC(=O)O)c1cccc(/C=C/c2ccc3ccc(Cl)cc3n2)c1. The fourth-order valence-corrected chi connectivity index (χ4v) is 6.24. The van der Waals surface area contributed by atoms with Gasteiger partial charge in [0.25, 0.3) is 0 Å². The molecule has 0 saturated carbocycles. The first-order valence-electron chi connectivity index (χ1n) is 10.7. The summed E-state index contributed by atoms with van der Waals surface area (Å²) in [6.07, 6.45) is 4.81. The molecule has 1 unspecified atom stereocenters. The molecule has 0 aliphatic heterocycles. The van der Waals surface area contributed by atoms with E-state index in [0.717, 1.165) is 33.5 Å². The number of aliphatic hydroxyl groups is 1. The number of benzene rings is 2. The zero-order valence-electron chi connectivity index (χ0n) is 18.7. The first-order chi connectivity index (χ1) is 15.7. The number of pyridine rings is 1. The van der Waals surface area contributed by atoms with Crippen LogP contribution >= 0.6 is 35.1 Å². The highest BCUT2D eigenvalue weighted by atomic mass is 35.5. The van der Waals surface area contributed by atoms with Gasteiger partial charge in [-0.25, -0.2) is 4.98 Å². The molecule has 0 fully saturated rings. The number of aliphatic carboxylic acids is 1. The van der Waals surface area contributed by atoms with Gasteiger partial charge in [-0.05, 0) is 67.5 Å². The van der Waals surface area contributed by atoms with Crippen molar-refractivity contribution in [3.8, 4) is 0 Å². The third kappa shape index (κ3) is 8.70. The third-order valence-electron chi connectivity index (χ3n) is 4.87. The van der Waals surface area contributed by atoms with Gasteiger partial charge in [0.05, 0.1) is 27.8 Å². The summed E-state index contributed by atoms with van der Waals surface area (Å²) in [5.74, 6) is 0.542. The molecule has 1 atom stereocenters. The summed E-state index contributed by atoms with van der Waals surface area (Å²) in [6.45, 7) is 3.61. The molecule has 174 valence electrons. The molecule has 0 spiro atoms. The predicted octanol–water partition coefficient (Wildman–Crippen LogP) is 7.16. The molecule has 0 radical (unpaired) electrons. The number of halogens is 1. The van der Waals surface area contributed by atoms with E-state index in [9.17, 15) is 9.90 Å². The quantitative estimate of drug-likeness (QED) is 0.271. The van der Waals surface area contributed by atoms with Crippen LogP contribution in [0.2, 0.25) is 5.02 Å². The number of thioether (sulfide) groups is 2. The molecule has 0 amide bonds. The summed E-state index contributed by atoms with van der Waals surface area (Å²) in [5, 5.41) is 20.7. The van der Waals surface area contributed by atoms with Crippen LogP contribution in [-0.2, 0) is 4.79 Å². The Bertz CT molecular complexity index is 1130. The highest BCUT2D eigenvalue weighted by Crippen LogP contribution is 2.41. The summed E-state index contributed by atoms with van der Waals surface area (Å²) in [5.41, 5.74) is 3.17. The zero-order valence-corrected chi connectivity index (χ0v) is 21.1. The number of hydrogen-bond donors (Lipinski definition) is 2. The van der Waals surface area contributed by atoms with Gasteiger partial charge in [-0.2, -0.15) is 0 Å². The van der Waals surface area contributed by atoms with Gasteiger partial charge < -0.3 is 10.2 Å². The van der Waals surface area contributed by atoms with Crippen molar-refractivity contribution >= 4 is 64.1 Å². The summed E-state index contributed by atoms with van der Waals surface area (Å²) < 4.78 is 0.0981. The average Bonchev–Trinajstić information content (AvgIpc) is 2.75. The molecule has 2 aromatic carbocycles. The molecule has 33 heavy (non-hydrogen) atoms. The molecule has 0 aliphatic carbocycles. The third-order valence-corrected chi connectivity index (χ3v) is 7.95. The molecule has 1 aromatic heterocycles. The van der Waals surface area contributed by atoms with E-state index in [0.29, 0.717) is 17.2 Å². The molecule has 3 rings (SSSR count). The standard InChI is InChI=1S/C26H28ClNO3S2/c1-26(2,31)13-15-33-25(32-14-12-24(29)30)20-5-3-4-18(16-20)6-10-22-11-8-19-7-9-21(27)17-23(19)28-22/h3-11,16-17,25,31H,12-15H2,1-2H3,(H,29,30)/b10-6+. The number of carbonyl (C=O) groups is 1. The smallest absolute Gasteiger partial charge is 0.304 e. The van der Waals surface area contributed by atoms with E-state index in [1.54, 1.807) is 37.4 Å². The maximum absolute atomic E-state index is 11.0. The first kappa shape index (κ1) is 25.6. The van der Waals surface area contributed by atoms with Crippen LogP contribution in [0.15, 0.2) is 54.6 Å². The largest absolute Gasteiger partial charge is 0.481 e. The van der Waals surface area contributed by atoms with Gasteiger partial charge in [-0.1, -0.05) is 48.0 Å². The summed E-state index contributed by atoms with van der Waals surface area (Å²) >= 11 is 9.47. The van der Waals surface area contributed by atoms with E-state index >= 15 is 0 Å². The Balaban J connectivity index is 1.75. The highest BCUT2D eigenvalue weighted by Gasteiger charge is 2.17. The van der Waals surface area contributed by atoms with Gasteiger partial charge in [0.1, 0.15) is 0 Å². The van der Waals surface area contributed by atoms with Crippen LogP contribution in [0.3, 0.4) is 0 Å². The number of carboxylic acid groups (broad SMARTS) is 1. The molecule has 2 N–H and O–H groups in total. The fourth-order valence-electron chi connectivity index (χ4n) is 3.10. The van der Waals surface area contributed by atoms with E-state index < -0.39 is 11.6 Å². The molecule has 4 nitrogen and oxygen atoms in total. The first-order valence-corrected chi connectivity index (χ1v) is 13.2. The van der Waals surface area contributed by atoms with Crippen LogP contribution < -0.4 is 0 Å². The molecule has 7 heteroatoms. The maximum atomic E-state index is 11.0. The Morgan fingerprint density at radius 3 is 2.61 bits per heavy atom. The van der Waals surface area contributed by atoms with Crippen molar-refractivity contribution in [1.29, 1.82) is 0 Å². The van der Waals surface area contributed by atoms with E-state index in [1.807, 2.05) is 54.6 Å². The number of aromatic nitrogens is 1. The van der Waals surface area contributed by atoms with Crippen LogP contribution in [0.5, 0.6) is 0 Å². The molecular formula is C26H28ClNO3S2. The Morgan fingerprint density at radius 2 is 1.85 bits per heavy atom. The monoisotopic (exact) mass is 501 g/mol. The lowest BCUT2D eigenvalue weighted by atomic mass is 10.1. The summed E-state index contributed by atoms with van der Waals surface area (Å²) in [7, 11) is 0. The van der Waals surface area contributed by atoms with E-state index in [2.05, 4.69) is 17.1 Å². The molecule has 1 heterocycles. The van der Waals surface area contributed by atoms with E-state index in [4.69, 9.17) is 16.7 Å². The van der Waals surface area contributed by atoms with Gasteiger partial charge in [0.2, 0.25) is 0 Å². The van der Waals surface area contributed by atoms with Gasteiger partial charge in [0, 0.05) is 16.2 Å². The lowest BCUT2D eigenvalue weighted by molar-refractivity contribution is -0.136. The van der Waals surface area contributed by atoms with Crippen LogP contribution in [0.1, 0.15) is 48.1 Å². The second kappa shape index (κ2) is 11.9. The molecule has 0 saturated heterocycles. The Labute approximate surface area is 208 Å². The topological polar surface area (TPSA) is 70.4 Å². The predicted molar refractivity (Wildman–Crippen MR) is 143 cm³/mol. The second-order valence-corrected chi connectivity index (χ2v) is 11.5. The van der Waals surface area contributed by atoms with Crippen LogP contribution in [0.25, 0.3) is 23.1 Å². The maximum Gasteiger partial charge on any atom is 0.304 e. The highest BCUT2D eigenvalue weighted by molar-refractivity contribution is 8.16. The number of carboxylic acids is 1. The normalized spacial score (nSPS) is 13.0. The van der Waals surface area contributed by atoms with Crippen molar-refractivity contribution in [2.45, 2.75) is 36.9 Å². The summed E-state index contributed by atoms with van der Waals surface area (Å²) in [4.78, 5) is 15.6. The number of fused-ring (bicyclic) bond motifs is 1. The van der Waals surface area contributed by atoms with Crippen molar-refractivity contribution in [2.75, 3.05) is 11.5 Å². The molecule has 3 aromatic rings. The van der Waals surface area contributed by atoms with Crippen molar-refractivity contribution in [3.63, 3.8) is 0 Å². The van der Waals surface area contributed by atoms with Crippen molar-refractivity contribution in [3.05, 3.63) is 76.4 Å². The summed E-state index contributed by atoms with van der Waals surface area (Å²) in [6, 6.07) is 17.9. The molecule has 0 aliphatic rings. The molecular weight excluding hydrogens is 474 g/mol. The van der Waals surface area contributed by atoms with Crippen molar-refractivity contribution in [2.24, 2.45) is 0 Å². The minimum atomic E-state index is -0.788. The van der Waals surface area contributed by atoms with Crippen LogP contribution in [-0.4, -0.2) is 38.3 Å². The van der Waals surface area contributed by atoms with Gasteiger partial charge in [-0.3, -0.25) is 4.79 Å². The second-order valence-electron chi connectivity index (χ2n) is 8.36. The van der Waals surface area contributed by atoms with Crippen molar-refractivity contribution in [1.82, 2.24) is 4.98 Å². The van der Waals surface area contributed by atoms with E-state index in [-0.39, 0.29) is 11.0 Å². The number of nitrogens with zero attached hydrogens (tertiary/aromatic N) is 1. The van der Waals surface area contributed by atoms with Gasteiger partial charge >= 0.3 is 5.97 Å². The Hall–Kier alpha value is -1.99. The Morgan fingerprint density at radius 1 is 1.09 bits per heavy atom. The number of hydrogen-bond acceptors (Lipinski definition) is 5. The minimum absolute atomic E-state index is 0.0981. The van der Waals surface area contributed by atoms with Gasteiger partial charge in [-0.15, -0.1) is 23.5 Å². The molecule has 0 bridgehead atoms. The van der Waals surface area contributed by atoms with Crippen molar-refractivity contribution < 1.29 is 15.0 Å². The minimum Gasteiger partial charge on any atom is -0.481 e. The number of rotatable bonds is 11. The zero-order chi connectivity index (χ0) is 23.8. The Kier molecular flexibility index (Phi) is 9.27. The van der Waals surface area contributed by atoms with E-state index in [1.165, 1.54) is 0 Å². The van der Waals surface area contributed by atoms with Gasteiger partial charge in [0.15, 0.2) is 0 Å². The van der Waals surface area contributed by atoms with Crippen LogP contribution in [0.4, 0.5) is 0 Å². The fraction of sp³-hybridized carbons (Fsp3) is 0.308. The lowest BCUT2D eigenvalue weighted by Gasteiger charge is -2.20. The average molecular weight is 502 g/mol. The lowest BCUT2D eigenvalue weighted by Crippen LogP contribution is -2.19. The van der Waals surface area contributed by atoms with Crippen LogP contribution in [0, 0.1) is 0 Å².